The lowest BCUT2D eigenvalue weighted by Crippen LogP contribution is -2.29. The van der Waals surface area contributed by atoms with E-state index in [1.807, 2.05) is 37.3 Å². The first-order valence-electron chi connectivity index (χ1n) is 8.62. The maximum atomic E-state index is 12.0. The minimum absolute atomic E-state index is 0.0189. The topological polar surface area (TPSA) is 47.6 Å². The third-order valence-electron chi connectivity index (χ3n) is 4.95. The normalized spacial score (nSPS) is 24.2. The van der Waals surface area contributed by atoms with Gasteiger partial charge in [0.2, 0.25) is 0 Å². The molecule has 4 rings (SSSR count). The number of hydrogen-bond donors (Lipinski definition) is 1. The molecule has 2 aliphatic heterocycles. The van der Waals surface area contributed by atoms with Gasteiger partial charge in [0.25, 0.3) is 0 Å². The zero-order valence-electron chi connectivity index (χ0n) is 14.0. The maximum absolute atomic E-state index is 12.0. The highest BCUT2D eigenvalue weighted by molar-refractivity contribution is 6.30. The van der Waals surface area contributed by atoms with Crippen molar-refractivity contribution in [2.45, 2.75) is 25.5 Å². The summed E-state index contributed by atoms with van der Waals surface area (Å²) >= 11 is 6.18. The first kappa shape index (κ1) is 16.4. The molecule has 0 saturated carbocycles. The van der Waals surface area contributed by atoms with Gasteiger partial charge in [0.05, 0.1) is 24.3 Å². The predicted octanol–water partition coefficient (Wildman–Crippen LogP) is 4.76. The quantitative estimate of drug-likeness (QED) is 0.804. The highest BCUT2D eigenvalue weighted by Crippen LogP contribution is 2.50. The molecule has 0 unspecified atom stereocenters. The third kappa shape index (κ3) is 3.00. The van der Waals surface area contributed by atoms with Crippen LogP contribution in [0, 0.1) is 5.92 Å². The summed E-state index contributed by atoms with van der Waals surface area (Å²) in [6, 6.07) is 13.7. The molecule has 1 N–H and O–H groups in total. The number of fused-ring (bicyclic) bond motifs is 3. The van der Waals surface area contributed by atoms with E-state index in [4.69, 9.17) is 21.1 Å². The van der Waals surface area contributed by atoms with Crippen LogP contribution in [0.3, 0.4) is 0 Å². The monoisotopic (exact) mass is 357 g/mol. The highest BCUT2D eigenvalue weighted by Gasteiger charge is 2.41. The molecule has 1 saturated heterocycles. The van der Waals surface area contributed by atoms with Crippen LogP contribution in [0.4, 0.5) is 5.69 Å². The first-order valence-corrected chi connectivity index (χ1v) is 9.00. The predicted molar refractivity (Wildman–Crippen MR) is 97.0 cm³/mol. The Kier molecular flexibility index (Phi) is 4.40. The van der Waals surface area contributed by atoms with Gasteiger partial charge in [0, 0.05) is 28.8 Å². The van der Waals surface area contributed by atoms with Crippen molar-refractivity contribution in [3.8, 4) is 0 Å². The Balaban J connectivity index is 1.71. The van der Waals surface area contributed by atoms with Crippen molar-refractivity contribution < 1.29 is 14.3 Å². The molecule has 4 nitrogen and oxygen atoms in total. The van der Waals surface area contributed by atoms with Crippen LogP contribution in [0.25, 0.3) is 0 Å². The molecule has 0 aliphatic carbocycles. The molecule has 0 aromatic heterocycles. The number of ether oxygens (including phenoxy) is 2. The molecule has 3 atom stereocenters. The Labute approximate surface area is 152 Å². The Bertz CT molecular complexity index is 807. The summed E-state index contributed by atoms with van der Waals surface area (Å²) in [6.45, 7) is 2.90. The molecular weight excluding hydrogens is 338 g/mol. The van der Waals surface area contributed by atoms with Crippen LogP contribution < -0.4 is 5.32 Å². The van der Waals surface area contributed by atoms with E-state index < -0.39 is 0 Å². The van der Waals surface area contributed by atoms with Crippen LogP contribution in [0.2, 0.25) is 5.02 Å². The lowest BCUT2D eigenvalue weighted by atomic mass is 9.80. The van der Waals surface area contributed by atoms with Crippen molar-refractivity contribution in [1.29, 1.82) is 0 Å². The number of carbonyl (C=O) groups is 1. The lowest BCUT2D eigenvalue weighted by molar-refractivity contribution is 0.0525. The molecule has 2 heterocycles. The Morgan fingerprint density at radius 1 is 1.32 bits per heavy atom. The van der Waals surface area contributed by atoms with Gasteiger partial charge in [-0.2, -0.15) is 0 Å². The second kappa shape index (κ2) is 6.70. The number of anilines is 1. The third-order valence-corrected chi connectivity index (χ3v) is 5.19. The number of benzene rings is 2. The zero-order valence-corrected chi connectivity index (χ0v) is 14.8. The summed E-state index contributed by atoms with van der Waals surface area (Å²) in [5.41, 5.74) is 3.76. The molecule has 0 bridgehead atoms. The van der Waals surface area contributed by atoms with E-state index in [2.05, 4.69) is 11.4 Å². The molecule has 5 heteroatoms. The molecular formula is C20H20ClNO3. The number of esters is 1. The van der Waals surface area contributed by atoms with E-state index in [-0.39, 0.29) is 18.1 Å². The van der Waals surface area contributed by atoms with Crippen molar-refractivity contribution in [3.05, 3.63) is 64.2 Å². The average molecular weight is 358 g/mol. The summed E-state index contributed by atoms with van der Waals surface area (Å²) < 4.78 is 11.2. The maximum Gasteiger partial charge on any atom is 0.338 e. The number of halogens is 1. The number of nitrogens with one attached hydrogen (secondary N) is 1. The number of hydrogen-bond acceptors (Lipinski definition) is 4. The molecule has 0 radical (unpaired) electrons. The second-order valence-corrected chi connectivity index (χ2v) is 6.88. The number of carbonyl (C=O) groups excluding carboxylic acids is 1. The molecule has 0 amide bonds. The minimum Gasteiger partial charge on any atom is -0.462 e. The van der Waals surface area contributed by atoms with Crippen LogP contribution in [-0.2, 0) is 9.47 Å². The Morgan fingerprint density at radius 2 is 2.20 bits per heavy atom. The van der Waals surface area contributed by atoms with Gasteiger partial charge in [-0.1, -0.05) is 23.7 Å². The molecule has 1 fully saturated rings. The van der Waals surface area contributed by atoms with Crippen molar-refractivity contribution in [3.63, 3.8) is 0 Å². The van der Waals surface area contributed by atoms with Crippen molar-refractivity contribution in [1.82, 2.24) is 0 Å². The summed E-state index contributed by atoms with van der Waals surface area (Å²) in [7, 11) is 0. The second-order valence-electron chi connectivity index (χ2n) is 6.44. The van der Waals surface area contributed by atoms with E-state index in [0.29, 0.717) is 18.1 Å². The van der Waals surface area contributed by atoms with Crippen molar-refractivity contribution >= 4 is 23.3 Å². The zero-order chi connectivity index (χ0) is 17.4. The van der Waals surface area contributed by atoms with Gasteiger partial charge in [0.1, 0.15) is 0 Å². The van der Waals surface area contributed by atoms with Gasteiger partial charge in [-0.25, -0.2) is 4.79 Å². The van der Waals surface area contributed by atoms with Crippen molar-refractivity contribution in [2.24, 2.45) is 5.92 Å². The molecule has 2 aliphatic rings. The fraction of sp³-hybridized carbons (Fsp3) is 0.350. The van der Waals surface area contributed by atoms with Crippen LogP contribution in [-0.4, -0.2) is 19.2 Å². The van der Waals surface area contributed by atoms with E-state index >= 15 is 0 Å². The SMILES string of the molecule is CCOC(=O)c1ccc2c(c1)[C@@H]1OCC[C@@H]1[C@H](c1cccc(Cl)c1)N2. The molecule has 0 spiro atoms. The molecule has 130 valence electrons. The standard InChI is InChI=1S/C20H20ClNO3/c1-2-24-20(23)13-6-7-17-16(11-13)19-15(8-9-25-19)18(22-17)12-4-3-5-14(21)10-12/h3-7,10-11,15,18-19,22H,2,8-9H2,1H3/t15-,18+,19-/m1/s1. The summed E-state index contributed by atoms with van der Waals surface area (Å²) in [5, 5.41) is 4.35. The average Bonchev–Trinajstić information content (AvgIpc) is 3.11. The molecule has 2 aromatic carbocycles. The van der Waals surface area contributed by atoms with Gasteiger partial charge in [-0.05, 0) is 49.2 Å². The number of rotatable bonds is 3. The Morgan fingerprint density at radius 3 is 3.00 bits per heavy atom. The fourth-order valence-corrected chi connectivity index (χ4v) is 4.04. The van der Waals surface area contributed by atoms with Gasteiger partial charge in [-0.3, -0.25) is 0 Å². The molecule has 2 aromatic rings. The van der Waals surface area contributed by atoms with Crippen LogP contribution in [0.1, 0.15) is 47.0 Å². The molecule has 25 heavy (non-hydrogen) atoms. The minimum atomic E-state index is -0.295. The lowest BCUT2D eigenvalue weighted by Gasteiger charge is -2.36. The van der Waals surface area contributed by atoms with Crippen molar-refractivity contribution in [2.75, 3.05) is 18.5 Å². The van der Waals surface area contributed by atoms with Gasteiger partial charge < -0.3 is 14.8 Å². The largest absolute Gasteiger partial charge is 0.462 e. The highest BCUT2D eigenvalue weighted by atomic mass is 35.5. The Hall–Kier alpha value is -2.04. The first-order chi connectivity index (χ1) is 12.2. The van der Waals surface area contributed by atoms with Gasteiger partial charge in [-0.15, -0.1) is 0 Å². The fourth-order valence-electron chi connectivity index (χ4n) is 3.84. The smallest absolute Gasteiger partial charge is 0.338 e. The van der Waals surface area contributed by atoms with E-state index in [1.54, 1.807) is 6.07 Å². The van der Waals surface area contributed by atoms with Crippen LogP contribution in [0.15, 0.2) is 42.5 Å². The van der Waals surface area contributed by atoms with E-state index in [0.717, 1.165) is 34.9 Å². The summed E-state index contributed by atoms with van der Waals surface area (Å²) in [4.78, 5) is 12.0. The van der Waals surface area contributed by atoms with Crippen LogP contribution >= 0.6 is 11.6 Å². The van der Waals surface area contributed by atoms with Gasteiger partial charge >= 0.3 is 5.97 Å². The van der Waals surface area contributed by atoms with E-state index in [1.165, 1.54) is 0 Å². The van der Waals surface area contributed by atoms with Gasteiger partial charge in [0.15, 0.2) is 0 Å². The van der Waals surface area contributed by atoms with Crippen LogP contribution in [0.5, 0.6) is 0 Å². The summed E-state index contributed by atoms with van der Waals surface area (Å²) in [5.74, 6) is 0.0141. The summed E-state index contributed by atoms with van der Waals surface area (Å²) in [6.07, 6.45) is 0.951. The van der Waals surface area contributed by atoms with E-state index in [9.17, 15) is 4.79 Å².